The molecule has 0 unspecified atom stereocenters. The predicted octanol–water partition coefficient (Wildman–Crippen LogP) is 2.04. The molecule has 4 nitrogen and oxygen atoms in total. The number of phenolic OH excluding ortho intramolecular Hbond substituents is 1. The van der Waals surface area contributed by atoms with Crippen LogP contribution >= 0.6 is 0 Å². The van der Waals surface area contributed by atoms with Crippen LogP contribution in [-0.2, 0) is 17.8 Å². The summed E-state index contributed by atoms with van der Waals surface area (Å²) in [6.07, 6.45) is -4.73. The second kappa shape index (κ2) is 4.81. The highest BCUT2D eigenvalue weighted by molar-refractivity contribution is 5.97. The van der Waals surface area contributed by atoms with E-state index in [9.17, 15) is 27.9 Å². The number of phenols is 1. The summed E-state index contributed by atoms with van der Waals surface area (Å²) in [5, 5.41) is 9.97. The third-order valence-corrected chi connectivity index (χ3v) is 3.29. The van der Waals surface area contributed by atoms with Gasteiger partial charge in [0.2, 0.25) is 0 Å². The van der Waals surface area contributed by atoms with Crippen molar-refractivity contribution in [1.29, 1.82) is 0 Å². The average Bonchev–Trinajstić information content (AvgIpc) is 2.36. The molecule has 1 aromatic carbocycles. The Morgan fingerprint density at radius 1 is 1.30 bits per heavy atom. The smallest absolute Gasteiger partial charge is 0.471 e. The molecule has 1 N–H and O–H groups in total. The summed E-state index contributed by atoms with van der Waals surface area (Å²) >= 11 is 0. The maximum atomic E-state index is 12.4. The molecule has 0 radical (unpaired) electrons. The van der Waals surface area contributed by atoms with E-state index in [0.29, 0.717) is 10.5 Å². The van der Waals surface area contributed by atoms with Gasteiger partial charge in [-0.25, -0.2) is 0 Å². The summed E-state index contributed by atoms with van der Waals surface area (Å²) in [4.78, 5) is 23.1. The van der Waals surface area contributed by atoms with E-state index in [1.54, 1.807) is 6.07 Å². The third-order valence-electron chi connectivity index (χ3n) is 3.29. The summed E-state index contributed by atoms with van der Waals surface area (Å²) < 4.78 is 37.2. The van der Waals surface area contributed by atoms with Crippen LogP contribution in [-0.4, -0.2) is 34.4 Å². The molecule has 0 saturated carbocycles. The fourth-order valence-electron chi connectivity index (χ4n) is 2.25. The number of fused-ring (bicyclic) bond motifs is 1. The van der Waals surface area contributed by atoms with E-state index in [-0.39, 0.29) is 42.2 Å². The van der Waals surface area contributed by atoms with Gasteiger partial charge in [0.1, 0.15) is 5.75 Å². The van der Waals surface area contributed by atoms with E-state index in [4.69, 9.17) is 0 Å². The Morgan fingerprint density at radius 3 is 2.50 bits per heavy atom. The standard InChI is InChI=1S/C13H12F3NO3/c1-7(18)9-3-2-8-4-5-17(6-10(8)11(9)19)12(20)13(14,15)16/h2-3,19H,4-6H2,1H3. The van der Waals surface area contributed by atoms with E-state index >= 15 is 0 Å². The van der Waals surface area contributed by atoms with Crippen LogP contribution in [0.5, 0.6) is 5.75 Å². The largest absolute Gasteiger partial charge is 0.507 e. The summed E-state index contributed by atoms with van der Waals surface area (Å²) in [6, 6.07) is 3.04. The average molecular weight is 287 g/mol. The van der Waals surface area contributed by atoms with Crippen molar-refractivity contribution >= 4 is 11.7 Å². The van der Waals surface area contributed by atoms with Crippen LogP contribution in [0, 0.1) is 0 Å². The number of Topliss-reactive ketones (excluding diaryl/α,β-unsaturated/α-hetero) is 1. The van der Waals surface area contributed by atoms with Gasteiger partial charge in [0, 0.05) is 18.7 Å². The molecule has 0 aromatic heterocycles. The Kier molecular flexibility index (Phi) is 3.45. The summed E-state index contributed by atoms with van der Waals surface area (Å²) in [5.74, 6) is -2.66. The van der Waals surface area contributed by atoms with Crippen molar-refractivity contribution in [2.75, 3.05) is 6.54 Å². The number of carbonyl (C=O) groups excluding carboxylic acids is 2. The fraction of sp³-hybridized carbons (Fsp3) is 0.385. The maximum Gasteiger partial charge on any atom is 0.471 e. The van der Waals surface area contributed by atoms with E-state index in [0.717, 1.165) is 0 Å². The molecule has 1 aliphatic rings. The SMILES string of the molecule is CC(=O)c1ccc2c(c1O)CN(C(=O)C(F)(F)F)CC2. The van der Waals surface area contributed by atoms with Crippen LogP contribution < -0.4 is 0 Å². The highest BCUT2D eigenvalue weighted by atomic mass is 19.4. The Labute approximate surface area is 112 Å². The zero-order chi connectivity index (χ0) is 15.1. The van der Waals surface area contributed by atoms with Gasteiger partial charge < -0.3 is 10.0 Å². The molecular weight excluding hydrogens is 275 g/mol. The molecule has 0 bridgehead atoms. The molecule has 1 aliphatic heterocycles. The van der Waals surface area contributed by atoms with Crippen molar-refractivity contribution in [3.8, 4) is 5.75 Å². The first-order valence-corrected chi connectivity index (χ1v) is 5.92. The number of benzene rings is 1. The normalized spacial score (nSPS) is 14.9. The van der Waals surface area contributed by atoms with Gasteiger partial charge in [0.05, 0.1) is 5.56 Å². The molecule has 20 heavy (non-hydrogen) atoms. The molecule has 1 amide bonds. The van der Waals surface area contributed by atoms with E-state index in [1.165, 1.54) is 13.0 Å². The maximum absolute atomic E-state index is 12.4. The van der Waals surface area contributed by atoms with Crippen molar-refractivity contribution in [3.05, 3.63) is 28.8 Å². The quantitative estimate of drug-likeness (QED) is 0.804. The number of aromatic hydroxyl groups is 1. The molecule has 0 aliphatic carbocycles. The van der Waals surface area contributed by atoms with E-state index in [2.05, 4.69) is 0 Å². The van der Waals surface area contributed by atoms with Crippen LogP contribution in [0.15, 0.2) is 12.1 Å². The van der Waals surface area contributed by atoms with Crippen LogP contribution in [0.4, 0.5) is 13.2 Å². The van der Waals surface area contributed by atoms with Crippen LogP contribution in [0.1, 0.15) is 28.4 Å². The number of hydrogen-bond donors (Lipinski definition) is 1. The number of carbonyl (C=O) groups is 2. The molecule has 0 spiro atoms. The van der Waals surface area contributed by atoms with Gasteiger partial charge in [-0.05, 0) is 25.0 Å². The first kappa shape index (κ1) is 14.4. The lowest BCUT2D eigenvalue weighted by Crippen LogP contribution is -2.43. The van der Waals surface area contributed by atoms with Gasteiger partial charge in [-0.1, -0.05) is 6.07 Å². The molecular formula is C13H12F3NO3. The lowest BCUT2D eigenvalue weighted by molar-refractivity contribution is -0.186. The molecule has 7 heteroatoms. The predicted molar refractivity (Wildman–Crippen MR) is 63.3 cm³/mol. The fourth-order valence-corrected chi connectivity index (χ4v) is 2.25. The molecule has 2 rings (SSSR count). The zero-order valence-corrected chi connectivity index (χ0v) is 10.6. The summed E-state index contributed by atoms with van der Waals surface area (Å²) in [7, 11) is 0. The highest BCUT2D eigenvalue weighted by Crippen LogP contribution is 2.32. The van der Waals surface area contributed by atoms with Gasteiger partial charge in [-0.15, -0.1) is 0 Å². The minimum absolute atomic E-state index is 0.0463. The van der Waals surface area contributed by atoms with Crippen LogP contribution in [0.25, 0.3) is 0 Å². The molecule has 0 saturated heterocycles. The first-order chi connectivity index (χ1) is 9.21. The Hall–Kier alpha value is -2.05. The lowest BCUT2D eigenvalue weighted by atomic mass is 9.94. The number of alkyl halides is 3. The van der Waals surface area contributed by atoms with Crippen molar-refractivity contribution in [1.82, 2.24) is 4.90 Å². The van der Waals surface area contributed by atoms with Gasteiger partial charge in [-0.2, -0.15) is 13.2 Å². The molecule has 0 fully saturated rings. The Balaban J connectivity index is 2.36. The van der Waals surface area contributed by atoms with Crippen LogP contribution in [0.2, 0.25) is 0 Å². The van der Waals surface area contributed by atoms with E-state index in [1.807, 2.05) is 0 Å². The zero-order valence-electron chi connectivity index (χ0n) is 10.6. The number of halogens is 3. The van der Waals surface area contributed by atoms with Crippen LogP contribution in [0.3, 0.4) is 0 Å². The van der Waals surface area contributed by atoms with Gasteiger partial charge in [-0.3, -0.25) is 9.59 Å². The van der Waals surface area contributed by atoms with E-state index < -0.39 is 12.1 Å². The number of ketones is 1. The second-order valence-electron chi connectivity index (χ2n) is 4.63. The number of amides is 1. The minimum atomic E-state index is -4.94. The van der Waals surface area contributed by atoms with Crippen molar-refractivity contribution < 1.29 is 27.9 Å². The molecule has 1 heterocycles. The molecule has 1 aromatic rings. The van der Waals surface area contributed by atoms with Gasteiger partial charge >= 0.3 is 12.1 Å². The summed E-state index contributed by atoms with van der Waals surface area (Å²) in [5.41, 5.74) is 0.908. The number of nitrogens with zero attached hydrogens (tertiary/aromatic N) is 1. The van der Waals surface area contributed by atoms with Gasteiger partial charge in [0.15, 0.2) is 5.78 Å². The monoisotopic (exact) mass is 287 g/mol. The molecule has 0 atom stereocenters. The number of hydrogen-bond acceptors (Lipinski definition) is 3. The molecule has 108 valence electrons. The topological polar surface area (TPSA) is 57.6 Å². The summed E-state index contributed by atoms with van der Waals surface area (Å²) in [6.45, 7) is 0.841. The van der Waals surface area contributed by atoms with Crippen molar-refractivity contribution in [2.45, 2.75) is 26.1 Å². The van der Waals surface area contributed by atoms with Gasteiger partial charge in [0.25, 0.3) is 0 Å². The first-order valence-electron chi connectivity index (χ1n) is 5.92. The van der Waals surface area contributed by atoms with Crippen molar-refractivity contribution in [3.63, 3.8) is 0 Å². The second-order valence-corrected chi connectivity index (χ2v) is 4.63. The van der Waals surface area contributed by atoms with Crippen molar-refractivity contribution in [2.24, 2.45) is 0 Å². The lowest BCUT2D eigenvalue weighted by Gasteiger charge is -2.30. The number of rotatable bonds is 1. The Bertz CT molecular complexity index is 581. The highest BCUT2D eigenvalue weighted by Gasteiger charge is 2.43. The minimum Gasteiger partial charge on any atom is -0.507 e. The third kappa shape index (κ3) is 2.48. The Morgan fingerprint density at radius 2 is 1.95 bits per heavy atom.